The van der Waals surface area contributed by atoms with Gasteiger partial charge in [-0.2, -0.15) is 0 Å². The van der Waals surface area contributed by atoms with E-state index in [1.807, 2.05) is 0 Å². The van der Waals surface area contributed by atoms with Crippen LogP contribution in [0.4, 0.5) is 5.69 Å². The third-order valence-corrected chi connectivity index (χ3v) is 6.57. The molecule has 0 unspecified atom stereocenters. The Kier molecular flexibility index (Phi) is 9.27. The molecule has 0 bridgehead atoms. The highest BCUT2D eigenvalue weighted by molar-refractivity contribution is 7.99. The van der Waals surface area contributed by atoms with E-state index < -0.39 is 6.04 Å². The van der Waals surface area contributed by atoms with Crippen molar-refractivity contribution >= 4 is 75.7 Å². The fraction of sp³-hybridized carbons (Fsp3) is 0.182. The van der Waals surface area contributed by atoms with Crippen LogP contribution in [0.25, 0.3) is 0 Å². The van der Waals surface area contributed by atoms with Crippen molar-refractivity contribution in [3.05, 3.63) is 80.5 Å². The van der Waals surface area contributed by atoms with E-state index in [9.17, 15) is 9.59 Å². The van der Waals surface area contributed by atoms with Crippen molar-refractivity contribution < 1.29 is 9.59 Å². The van der Waals surface area contributed by atoms with Gasteiger partial charge in [0.15, 0.2) is 11.0 Å². The molecule has 7 nitrogen and oxygen atoms in total. The molecule has 1 atom stereocenters. The molecule has 0 spiro atoms. The van der Waals surface area contributed by atoms with Gasteiger partial charge < -0.3 is 15.2 Å². The van der Waals surface area contributed by atoms with Gasteiger partial charge in [0.25, 0.3) is 5.91 Å². The summed E-state index contributed by atoms with van der Waals surface area (Å²) in [6, 6.07) is 8.95. The highest BCUT2D eigenvalue weighted by atomic mass is 35.5. The Bertz CT molecular complexity index is 1230. The number of carbonyl (C=O) groups is 2. The van der Waals surface area contributed by atoms with E-state index in [1.165, 1.54) is 17.8 Å². The first kappa shape index (κ1) is 26.4. The zero-order valence-corrected chi connectivity index (χ0v) is 21.7. The number of hydrogen-bond acceptors (Lipinski definition) is 5. The van der Waals surface area contributed by atoms with Gasteiger partial charge >= 0.3 is 0 Å². The number of aromatic nitrogens is 3. The molecule has 0 aliphatic heterocycles. The SMILES string of the molecule is C=CCn1c(SCC(=O)Nc2ccc(Cl)cc2Cl)nnc1[C@H](C)NC(=O)c1ccc(Cl)cc1Cl. The van der Waals surface area contributed by atoms with Crippen molar-refractivity contribution in [1.29, 1.82) is 0 Å². The van der Waals surface area contributed by atoms with Gasteiger partial charge in [0.2, 0.25) is 5.91 Å². The maximum absolute atomic E-state index is 12.7. The minimum atomic E-state index is -0.497. The number of rotatable bonds is 9. The summed E-state index contributed by atoms with van der Waals surface area (Å²) >= 11 is 25.2. The van der Waals surface area contributed by atoms with Gasteiger partial charge in [0, 0.05) is 16.6 Å². The minimum absolute atomic E-state index is 0.0648. The van der Waals surface area contributed by atoms with E-state index in [4.69, 9.17) is 46.4 Å². The van der Waals surface area contributed by atoms with Gasteiger partial charge in [-0.3, -0.25) is 9.59 Å². The minimum Gasteiger partial charge on any atom is -0.342 e. The predicted octanol–water partition coefficient (Wildman–Crippen LogP) is 6.30. The van der Waals surface area contributed by atoms with E-state index in [2.05, 4.69) is 27.4 Å². The van der Waals surface area contributed by atoms with Crippen molar-refractivity contribution in [1.82, 2.24) is 20.1 Å². The predicted molar refractivity (Wildman–Crippen MR) is 138 cm³/mol. The van der Waals surface area contributed by atoms with Crippen molar-refractivity contribution in [2.45, 2.75) is 24.7 Å². The van der Waals surface area contributed by atoms with Crippen LogP contribution in [0.5, 0.6) is 0 Å². The van der Waals surface area contributed by atoms with E-state index in [0.717, 1.165) is 0 Å². The summed E-state index contributed by atoms with van der Waals surface area (Å²) in [5.41, 5.74) is 0.752. The molecule has 1 aromatic heterocycles. The first-order chi connectivity index (χ1) is 16.2. The highest BCUT2D eigenvalue weighted by Gasteiger charge is 2.21. The fourth-order valence-corrected chi connectivity index (χ4v) is 4.65. The summed E-state index contributed by atoms with van der Waals surface area (Å²) in [5.74, 6) is -0.0876. The van der Waals surface area contributed by atoms with Crippen LogP contribution in [0.15, 0.2) is 54.2 Å². The molecule has 0 aliphatic carbocycles. The number of benzene rings is 2. The number of nitrogens with zero attached hydrogens (tertiary/aromatic N) is 3. The molecule has 0 saturated heterocycles. The zero-order valence-electron chi connectivity index (χ0n) is 17.8. The Morgan fingerprint density at radius 3 is 2.41 bits per heavy atom. The van der Waals surface area contributed by atoms with Crippen LogP contribution >= 0.6 is 58.2 Å². The van der Waals surface area contributed by atoms with Crippen molar-refractivity contribution in [3.63, 3.8) is 0 Å². The Balaban J connectivity index is 1.68. The maximum Gasteiger partial charge on any atom is 0.253 e. The smallest absolute Gasteiger partial charge is 0.253 e. The van der Waals surface area contributed by atoms with Gasteiger partial charge in [-0.1, -0.05) is 64.2 Å². The van der Waals surface area contributed by atoms with Gasteiger partial charge in [-0.15, -0.1) is 16.8 Å². The molecule has 2 aromatic carbocycles. The molecule has 0 saturated carbocycles. The van der Waals surface area contributed by atoms with Gasteiger partial charge in [0.1, 0.15) is 0 Å². The number of allylic oxidation sites excluding steroid dienone is 1. The molecule has 0 fully saturated rings. The maximum atomic E-state index is 12.7. The van der Waals surface area contributed by atoms with Crippen LogP contribution in [0.3, 0.4) is 0 Å². The second-order valence-electron chi connectivity index (χ2n) is 7.02. The molecular weight excluding hydrogens is 540 g/mol. The normalized spacial score (nSPS) is 11.7. The van der Waals surface area contributed by atoms with E-state index in [-0.39, 0.29) is 22.6 Å². The van der Waals surface area contributed by atoms with Crippen molar-refractivity contribution in [2.75, 3.05) is 11.1 Å². The zero-order chi connectivity index (χ0) is 24.8. The monoisotopic (exact) mass is 557 g/mol. The topological polar surface area (TPSA) is 88.9 Å². The molecule has 34 heavy (non-hydrogen) atoms. The van der Waals surface area contributed by atoms with Crippen molar-refractivity contribution in [2.24, 2.45) is 0 Å². The largest absolute Gasteiger partial charge is 0.342 e. The van der Waals surface area contributed by atoms with E-state index >= 15 is 0 Å². The molecule has 3 aromatic rings. The van der Waals surface area contributed by atoms with Crippen LogP contribution < -0.4 is 10.6 Å². The van der Waals surface area contributed by atoms with Crippen LogP contribution in [-0.2, 0) is 11.3 Å². The molecular formula is C22H19Cl4N5O2S. The number of amides is 2. The lowest BCUT2D eigenvalue weighted by Crippen LogP contribution is -2.29. The lowest BCUT2D eigenvalue weighted by Gasteiger charge is -2.16. The number of hydrogen-bond donors (Lipinski definition) is 2. The summed E-state index contributed by atoms with van der Waals surface area (Å²) in [7, 11) is 0. The quantitative estimate of drug-likeness (QED) is 0.237. The lowest BCUT2D eigenvalue weighted by molar-refractivity contribution is -0.113. The van der Waals surface area contributed by atoms with E-state index in [1.54, 1.807) is 47.9 Å². The number of halogens is 4. The third kappa shape index (κ3) is 6.67. The summed E-state index contributed by atoms with van der Waals surface area (Å²) in [6.07, 6.45) is 1.68. The van der Waals surface area contributed by atoms with Gasteiger partial charge in [-0.25, -0.2) is 0 Å². The van der Waals surface area contributed by atoms with E-state index in [0.29, 0.717) is 43.8 Å². The first-order valence-electron chi connectivity index (χ1n) is 9.87. The molecule has 0 radical (unpaired) electrons. The van der Waals surface area contributed by atoms with Crippen molar-refractivity contribution in [3.8, 4) is 0 Å². The second-order valence-corrected chi connectivity index (χ2v) is 9.65. The number of thioether (sulfide) groups is 1. The molecule has 12 heteroatoms. The van der Waals surface area contributed by atoms with Crippen LogP contribution in [0, 0.1) is 0 Å². The Morgan fingerprint density at radius 1 is 1.09 bits per heavy atom. The molecule has 2 N–H and O–H groups in total. The molecule has 0 aliphatic rings. The Labute approximate surface area is 220 Å². The lowest BCUT2D eigenvalue weighted by atomic mass is 10.2. The number of anilines is 1. The fourth-order valence-electron chi connectivity index (χ4n) is 2.95. The molecule has 1 heterocycles. The summed E-state index contributed by atoms with van der Waals surface area (Å²) in [4.78, 5) is 25.1. The average Bonchev–Trinajstić information content (AvgIpc) is 3.17. The standard InChI is InChI=1S/C22H19Cl4N5O2S/c1-3-8-31-20(12(2)27-21(33)15-6-4-13(23)9-16(15)25)29-30-22(31)34-11-19(32)28-18-7-5-14(24)10-17(18)26/h3-7,9-10,12H,1,8,11H2,2H3,(H,27,33)(H,28,32)/t12-/m0/s1. The van der Waals surface area contributed by atoms with Gasteiger partial charge in [-0.05, 0) is 43.3 Å². The van der Waals surface area contributed by atoms with Crippen LogP contribution in [0.1, 0.15) is 29.1 Å². The van der Waals surface area contributed by atoms with Crippen LogP contribution in [0.2, 0.25) is 20.1 Å². The second kappa shape index (κ2) is 12.0. The van der Waals surface area contributed by atoms with Gasteiger partial charge in [0.05, 0.1) is 33.1 Å². The van der Waals surface area contributed by atoms with Crippen LogP contribution in [-0.4, -0.2) is 32.3 Å². The highest BCUT2D eigenvalue weighted by Crippen LogP contribution is 2.27. The Hall–Kier alpha value is -2.23. The summed E-state index contributed by atoms with van der Waals surface area (Å²) in [5, 5.41) is 16.0. The summed E-state index contributed by atoms with van der Waals surface area (Å²) < 4.78 is 1.77. The number of carbonyl (C=O) groups excluding carboxylic acids is 2. The number of nitrogens with one attached hydrogen (secondary N) is 2. The molecule has 178 valence electrons. The first-order valence-corrected chi connectivity index (χ1v) is 12.4. The average molecular weight is 559 g/mol. The Morgan fingerprint density at radius 2 is 1.76 bits per heavy atom. The molecule has 3 rings (SSSR count). The third-order valence-electron chi connectivity index (χ3n) is 4.51. The molecule has 2 amide bonds. The summed E-state index contributed by atoms with van der Waals surface area (Å²) in [6.45, 7) is 5.92.